The molecule has 1 saturated heterocycles. The molecule has 0 aromatic carbocycles. The zero-order chi connectivity index (χ0) is 8.55. The van der Waals surface area contributed by atoms with Crippen molar-refractivity contribution < 1.29 is 0 Å². The van der Waals surface area contributed by atoms with E-state index < -0.39 is 0 Å². The third-order valence-electron chi connectivity index (χ3n) is 2.22. The Morgan fingerprint density at radius 2 is 2.25 bits per heavy atom. The molecule has 4 heteroatoms. The third kappa shape index (κ3) is 1.30. The largest absolute Gasteiger partial charge is 0.364 e. The number of alkyl halides is 1. The summed E-state index contributed by atoms with van der Waals surface area (Å²) in [5, 5.41) is 0. The van der Waals surface area contributed by atoms with Crippen molar-refractivity contribution in [2.75, 3.05) is 0 Å². The second-order valence-corrected chi connectivity index (χ2v) is 4.18. The summed E-state index contributed by atoms with van der Waals surface area (Å²) in [7, 11) is 0. The van der Waals surface area contributed by atoms with Crippen molar-refractivity contribution in [2.45, 2.75) is 23.8 Å². The summed E-state index contributed by atoms with van der Waals surface area (Å²) < 4.78 is 0. The van der Waals surface area contributed by atoms with Crippen molar-refractivity contribution in [3.05, 3.63) is 24.0 Å². The van der Waals surface area contributed by atoms with E-state index in [2.05, 4.69) is 44.8 Å². The van der Waals surface area contributed by atoms with Crippen LogP contribution < -0.4 is 10.9 Å². The Kier molecular flexibility index (Phi) is 2.21. The van der Waals surface area contributed by atoms with Gasteiger partial charge in [-0.25, -0.2) is 5.43 Å². The van der Waals surface area contributed by atoms with Crippen LogP contribution in [0.3, 0.4) is 0 Å². The molecule has 1 aliphatic heterocycles. The molecule has 0 radical (unpaired) electrons. The van der Waals surface area contributed by atoms with Crippen molar-refractivity contribution in [1.82, 2.24) is 15.8 Å². The van der Waals surface area contributed by atoms with E-state index in [-0.39, 0.29) is 0 Å². The summed E-state index contributed by atoms with van der Waals surface area (Å²) >= 11 is 3.65. The van der Waals surface area contributed by atoms with E-state index in [1.165, 1.54) is 5.69 Å². The van der Waals surface area contributed by atoms with Gasteiger partial charge in [0.2, 0.25) is 0 Å². The Balaban J connectivity index is 2.16. The fraction of sp³-hybridized carbons (Fsp3) is 0.500. The average Bonchev–Trinajstić information content (AvgIpc) is 2.64. The van der Waals surface area contributed by atoms with Crippen molar-refractivity contribution in [3.8, 4) is 0 Å². The summed E-state index contributed by atoms with van der Waals surface area (Å²) in [6, 6.07) is 4.90. The minimum absolute atomic E-state index is 0.343. The molecule has 3 nitrogen and oxygen atoms in total. The smallest absolute Gasteiger partial charge is 0.0752 e. The molecular formula is C8H12BrN3. The molecule has 1 fully saturated rings. The third-order valence-corrected chi connectivity index (χ3v) is 3.54. The van der Waals surface area contributed by atoms with Gasteiger partial charge >= 0.3 is 0 Å². The Hall–Kier alpha value is -0.320. The number of halogens is 1. The van der Waals surface area contributed by atoms with Gasteiger partial charge in [0.25, 0.3) is 0 Å². The molecule has 66 valence electrons. The van der Waals surface area contributed by atoms with Gasteiger partial charge in [0.1, 0.15) is 0 Å². The van der Waals surface area contributed by atoms with Gasteiger partial charge in [0.05, 0.1) is 10.9 Å². The van der Waals surface area contributed by atoms with Crippen molar-refractivity contribution in [3.63, 3.8) is 0 Å². The molecule has 3 N–H and O–H groups in total. The van der Waals surface area contributed by atoms with Gasteiger partial charge in [0.15, 0.2) is 0 Å². The molecule has 3 unspecified atom stereocenters. The van der Waals surface area contributed by atoms with Gasteiger partial charge in [-0.15, -0.1) is 0 Å². The molecular weight excluding hydrogens is 218 g/mol. The van der Waals surface area contributed by atoms with E-state index in [0.29, 0.717) is 16.9 Å². The first-order valence-corrected chi connectivity index (χ1v) is 4.99. The number of hydrazine groups is 1. The van der Waals surface area contributed by atoms with Crippen LogP contribution in [0.2, 0.25) is 0 Å². The van der Waals surface area contributed by atoms with Gasteiger partial charge < -0.3 is 4.98 Å². The van der Waals surface area contributed by atoms with Crippen LogP contribution in [0.1, 0.15) is 18.7 Å². The van der Waals surface area contributed by atoms with E-state index >= 15 is 0 Å². The van der Waals surface area contributed by atoms with Crippen molar-refractivity contribution in [2.24, 2.45) is 0 Å². The highest BCUT2D eigenvalue weighted by Gasteiger charge is 2.32. The molecule has 0 spiro atoms. The Morgan fingerprint density at radius 1 is 1.42 bits per heavy atom. The molecule has 0 aliphatic carbocycles. The normalized spacial score (nSPS) is 35.7. The predicted molar refractivity (Wildman–Crippen MR) is 52.0 cm³/mol. The van der Waals surface area contributed by atoms with E-state index in [9.17, 15) is 0 Å². The summed E-state index contributed by atoms with van der Waals surface area (Å²) in [5.41, 5.74) is 7.64. The lowest BCUT2D eigenvalue weighted by molar-refractivity contribution is 0.555. The minimum Gasteiger partial charge on any atom is -0.364 e. The van der Waals surface area contributed by atoms with Crippen LogP contribution in [0.25, 0.3) is 0 Å². The van der Waals surface area contributed by atoms with Crippen LogP contribution in [-0.4, -0.2) is 15.9 Å². The first kappa shape index (κ1) is 8.29. The zero-order valence-corrected chi connectivity index (χ0v) is 8.43. The summed E-state index contributed by atoms with van der Waals surface area (Å²) in [6.07, 6.45) is 1.94. The molecule has 2 heterocycles. The standard InChI is InChI=1S/C8H12BrN3/c1-5-7(9)8(12-11-5)6-3-2-4-10-6/h2-5,7-8,10-12H,1H3. The quantitative estimate of drug-likeness (QED) is 0.636. The molecule has 1 aromatic rings. The summed E-state index contributed by atoms with van der Waals surface area (Å²) in [5.74, 6) is 0. The highest BCUT2D eigenvalue weighted by Crippen LogP contribution is 2.27. The second kappa shape index (κ2) is 3.20. The van der Waals surface area contributed by atoms with Crippen LogP contribution >= 0.6 is 15.9 Å². The second-order valence-electron chi connectivity index (χ2n) is 3.12. The molecule has 0 saturated carbocycles. The molecule has 2 rings (SSSR count). The Bertz CT molecular complexity index is 247. The summed E-state index contributed by atoms with van der Waals surface area (Å²) in [4.78, 5) is 3.64. The number of H-pyrrole nitrogens is 1. The van der Waals surface area contributed by atoms with Crippen LogP contribution in [-0.2, 0) is 0 Å². The summed E-state index contributed by atoms with van der Waals surface area (Å²) in [6.45, 7) is 2.15. The topological polar surface area (TPSA) is 39.8 Å². The monoisotopic (exact) mass is 229 g/mol. The molecule has 0 bridgehead atoms. The van der Waals surface area contributed by atoms with E-state index in [0.717, 1.165) is 0 Å². The number of aromatic amines is 1. The number of hydrogen-bond donors (Lipinski definition) is 3. The first-order chi connectivity index (χ1) is 5.79. The highest BCUT2D eigenvalue weighted by molar-refractivity contribution is 9.09. The maximum Gasteiger partial charge on any atom is 0.0752 e. The van der Waals surface area contributed by atoms with Gasteiger partial charge in [-0.2, -0.15) is 0 Å². The van der Waals surface area contributed by atoms with Crippen LogP contribution in [0, 0.1) is 0 Å². The fourth-order valence-corrected chi connectivity index (χ4v) is 2.01. The van der Waals surface area contributed by atoms with Gasteiger partial charge in [-0.1, -0.05) is 15.9 Å². The van der Waals surface area contributed by atoms with Crippen molar-refractivity contribution >= 4 is 15.9 Å². The molecule has 3 atom stereocenters. The van der Waals surface area contributed by atoms with E-state index in [1.807, 2.05) is 12.3 Å². The first-order valence-electron chi connectivity index (χ1n) is 4.07. The van der Waals surface area contributed by atoms with Crippen LogP contribution in [0.5, 0.6) is 0 Å². The molecule has 1 aromatic heterocycles. The highest BCUT2D eigenvalue weighted by atomic mass is 79.9. The zero-order valence-electron chi connectivity index (χ0n) is 6.84. The number of aromatic nitrogens is 1. The van der Waals surface area contributed by atoms with Crippen LogP contribution in [0.4, 0.5) is 0 Å². The van der Waals surface area contributed by atoms with Gasteiger partial charge in [-0.05, 0) is 19.1 Å². The molecule has 0 amide bonds. The SMILES string of the molecule is CC1NNC(c2ccc[nH]2)C1Br. The maximum absolute atomic E-state index is 3.65. The lowest BCUT2D eigenvalue weighted by Crippen LogP contribution is -2.29. The maximum atomic E-state index is 3.65. The van der Waals surface area contributed by atoms with Gasteiger partial charge in [0, 0.05) is 17.9 Å². The molecule has 12 heavy (non-hydrogen) atoms. The lowest BCUT2D eigenvalue weighted by Gasteiger charge is -2.12. The van der Waals surface area contributed by atoms with E-state index in [1.54, 1.807) is 0 Å². The average molecular weight is 230 g/mol. The van der Waals surface area contributed by atoms with Crippen molar-refractivity contribution in [1.29, 1.82) is 0 Å². The molecule has 1 aliphatic rings. The minimum atomic E-state index is 0.343. The Morgan fingerprint density at radius 3 is 2.75 bits per heavy atom. The van der Waals surface area contributed by atoms with E-state index in [4.69, 9.17) is 0 Å². The fourth-order valence-electron chi connectivity index (χ4n) is 1.46. The Labute approximate surface area is 80.0 Å². The number of nitrogens with one attached hydrogen (secondary N) is 3. The van der Waals surface area contributed by atoms with Gasteiger partial charge in [-0.3, -0.25) is 5.43 Å². The number of rotatable bonds is 1. The lowest BCUT2D eigenvalue weighted by atomic mass is 10.1. The number of hydrogen-bond acceptors (Lipinski definition) is 2. The van der Waals surface area contributed by atoms with Crippen LogP contribution in [0.15, 0.2) is 18.3 Å². The predicted octanol–water partition coefficient (Wildman–Crippen LogP) is 1.32.